The Morgan fingerprint density at radius 3 is 2.68 bits per heavy atom. The second kappa shape index (κ2) is 9.26. The van der Waals surface area contributed by atoms with E-state index in [2.05, 4.69) is 15.4 Å². The van der Waals surface area contributed by atoms with Crippen molar-refractivity contribution in [2.45, 2.75) is 26.5 Å². The van der Waals surface area contributed by atoms with E-state index in [1.807, 2.05) is 73.1 Å². The summed E-state index contributed by atoms with van der Waals surface area (Å²) in [5, 5.41) is 7.56. The van der Waals surface area contributed by atoms with Crippen LogP contribution in [0.1, 0.15) is 40.1 Å². The molecule has 0 bridgehead atoms. The van der Waals surface area contributed by atoms with E-state index in [9.17, 15) is 4.79 Å². The molecule has 0 fully saturated rings. The highest BCUT2D eigenvalue weighted by atomic mass is 16.5. The summed E-state index contributed by atoms with van der Waals surface area (Å²) in [4.78, 5) is 16.9. The number of para-hydroxylation sites is 1. The third kappa shape index (κ3) is 4.80. The highest BCUT2D eigenvalue weighted by Crippen LogP contribution is 2.21. The first kappa shape index (κ1) is 20.3. The lowest BCUT2D eigenvalue weighted by Gasteiger charge is -2.15. The fourth-order valence-electron chi connectivity index (χ4n) is 3.41. The van der Waals surface area contributed by atoms with Crippen molar-refractivity contribution in [3.63, 3.8) is 0 Å². The van der Waals surface area contributed by atoms with Gasteiger partial charge in [0, 0.05) is 34.8 Å². The molecular formula is C25H24N4O2. The minimum atomic E-state index is -0.190. The molecule has 0 aliphatic carbocycles. The maximum atomic E-state index is 12.8. The van der Waals surface area contributed by atoms with Crippen LogP contribution in [-0.4, -0.2) is 20.7 Å². The summed E-state index contributed by atoms with van der Waals surface area (Å²) in [5.41, 5.74) is 4.47. The number of hydrogen-bond acceptors (Lipinski definition) is 4. The third-order valence-electron chi connectivity index (χ3n) is 5.09. The molecule has 2 heterocycles. The summed E-state index contributed by atoms with van der Waals surface area (Å²) < 4.78 is 7.69. The van der Waals surface area contributed by atoms with Crippen LogP contribution in [0.15, 0.2) is 85.3 Å². The van der Waals surface area contributed by atoms with E-state index >= 15 is 0 Å². The van der Waals surface area contributed by atoms with E-state index in [0.29, 0.717) is 17.9 Å². The normalized spacial score (nSPS) is 11.7. The van der Waals surface area contributed by atoms with Gasteiger partial charge in [0.2, 0.25) is 0 Å². The molecule has 6 heteroatoms. The largest absolute Gasteiger partial charge is 0.489 e. The number of amides is 1. The van der Waals surface area contributed by atoms with Crippen LogP contribution in [-0.2, 0) is 6.61 Å². The van der Waals surface area contributed by atoms with Gasteiger partial charge in [-0.2, -0.15) is 5.10 Å². The molecule has 0 aliphatic rings. The molecule has 1 unspecified atom stereocenters. The van der Waals surface area contributed by atoms with Gasteiger partial charge in [-0.15, -0.1) is 0 Å². The standard InChI is InChI=1S/C25H24N4O2/c1-18(24-16-27-29(19(24)2)22-10-4-3-5-11-22)28-25(30)21-9-6-12-23(14-21)31-17-20-8-7-13-26-15-20/h3-16,18H,17H2,1-2H3,(H,28,30). The van der Waals surface area contributed by atoms with Gasteiger partial charge in [-0.05, 0) is 50.2 Å². The van der Waals surface area contributed by atoms with Crippen molar-refractivity contribution in [1.29, 1.82) is 0 Å². The monoisotopic (exact) mass is 412 g/mol. The van der Waals surface area contributed by atoms with Gasteiger partial charge in [-0.25, -0.2) is 4.68 Å². The maximum Gasteiger partial charge on any atom is 0.251 e. The average Bonchev–Trinajstić information content (AvgIpc) is 3.20. The number of pyridine rings is 1. The third-order valence-corrected chi connectivity index (χ3v) is 5.09. The Kier molecular flexibility index (Phi) is 6.08. The van der Waals surface area contributed by atoms with Gasteiger partial charge in [0.1, 0.15) is 12.4 Å². The molecule has 0 aliphatic heterocycles. The van der Waals surface area contributed by atoms with E-state index < -0.39 is 0 Å². The lowest BCUT2D eigenvalue weighted by molar-refractivity contribution is 0.0939. The number of carbonyl (C=O) groups excluding carboxylic acids is 1. The van der Waals surface area contributed by atoms with Gasteiger partial charge in [-0.3, -0.25) is 9.78 Å². The van der Waals surface area contributed by atoms with Crippen LogP contribution < -0.4 is 10.1 Å². The molecule has 1 amide bonds. The summed E-state index contributed by atoms with van der Waals surface area (Å²) in [5.74, 6) is 0.475. The second-order valence-corrected chi connectivity index (χ2v) is 7.31. The van der Waals surface area contributed by atoms with Crippen LogP contribution in [0.3, 0.4) is 0 Å². The number of nitrogens with zero attached hydrogens (tertiary/aromatic N) is 3. The second-order valence-electron chi connectivity index (χ2n) is 7.31. The first-order valence-electron chi connectivity index (χ1n) is 10.1. The van der Waals surface area contributed by atoms with Crippen LogP contribution >= 0.6 is 0 Å². The molecule has 156 valence electrons. The fourth-order valence-corrected chi connectivity index (χ4v) is 3.41. The van der Waals surface area contributed by atoms with Gasteiger partial charge >= 0.3 is 0 Å². The van der Waals surface area contributed by atoms with Crippen molar-refractivity contribution < 1.29 is 9.53 Å². The molecule has 1 atom stereocenters. The van der Waals surface area contributed by atoms with Gasteiger partial charge < -0.3 is 10.1 Å². The highest BCUT2D eigenvalue weighted by molar-refractivity contribution is 5.94. The number of benzene rings is 2. The molecule has 0 saturated heterocycles. The number of aromatic nitrogens is 3. The van der Waals surface area contributed by atoms with Crippen LogP contribution in [0.5, 0.6) is 5.75 Å². The van der Waals surface area contributed by atoms with Crippen molar-refractivity contribution in [1.82, 2.24) is 20.1 Å². The first-order chi connectivity index (χ1) is 15.1. The molecule has 1 N–H and O–H groups in total. The number of ether oxygens (including phenoxy) is 1. The molecule has 0 spiro atoms. The Morgan fingerprint density at radius 1 is 1.06 bits per heavy atom. The Bertz CT molecular complexity index is 1160. The number of nitrogens with one attached hydrogen (secondary N) is 1. The van der Waals surface area contributed by atoms with Crippen molar-refractivity contribution >= 4 is 5.91 Å². The van der Waals surface area contributed by atoms with Gasteiger partial charge in [-0.1, -0.05) is 30.3 Å². The number of hydrogen-bond donors (Lipinski definition) is 1. The minimum Gasteiger partial charge on any atom is -0.489 e. The number of rotatable bonds is 7. The van der Waals surface area contributed by atoms with Gasteiger partial charge in [0.25, 0.3) is 5.91 Å². The van der Waals surface area contributed by atoms with Crippen molar-refractivity contribution in [2.24, 2.45) is 0 Å². The lowest BCUT2D eigenvalue weighted by Crippen LogP contribution is -2.27. The predicted molar refractivity (Wildman–Crippen MR) is 119 cm³/mol. The van der Waals surface area contributed by atoms with E-state index in [4.69, 9.17) is 4.74 Å². The zero-order chi connectivity index (χ0) is 21.6. The molecule has 6 nitrogen and oxygen atoms in total. The molecule has 4 aromatic rings. The zero-order valence-electron chi connectivity index (χ0n) is 17.5. The van der Waals surface area contributed by atoms with Crippen LogP contribution in [0.2, 0.25) is 0 Å². The minimum absolute atomic E-state index is 0.161. The van der Waals surface area contributed by atoms with Crippen molar-refractivity contribution in [3.05, 3.63) is 108 Å². The molecule has 2 aromatic heterocycles. The quantitative estimate of drug-likeness (QED) is 0.480. The molecule has 0 saturated carbocycles. The molecule has 4 rings (SSSR count). The fraction of sp³-hybridized carbons (Fsp3) is 0.160. The Balaban J connectivity index is 1.43. The smallest absolute Gasteiger partial charge is 0.251 e. The predicted octanol–water partition coefficient (Wildman–Crippen LogP) is 4.65. The Morgan fingerprint density at radius 2 is 1.90 bits per heavy atom. The molecule has 0 radical (unpaired) electrons. The first-order valence-corrected chi connectivity index (χ1v) is 10.1. The van der Waals surface area contributed by atoms with Crippen LogP contribution in [0.4, 0.5) is 0 Å². The average molecular weight is 412 g/mol. The Hall–Kier alpha value is -3.93. The number of carbonyl (C=O) groups is 1. The van der Waals surface area contributed by atoms with Crippen LogP contribution in [0, 0.1) is 6.92 Å². The zero-order valence-corrected chi connectivity index (χ0v) is 17.5. The summed E-state index contributed by atoms with van der Waals surface area (Å²) in [6, 6.07) is 20.7. The maximum absolute atomic E-state index is 12.8. The SMILES string of the molecule is Cc1c(C(C)NC(=O)c2cccc(OCc3cccnc3)c2)cnn1-c1ccccc1. The summed E-state index contributed by atoms with van der Waals surface area (Å²) in [6.45, 7) is 4.36. The summed E-state index contributed by atoms with van der Waals surface area (Å²) >= 11 is 0. The van der Waals surface area contributed by atoms with E-state index in [1.165, 1.54) is 0 Å². The Labute approximate surface area is 181 Å². The molecule has 2 aromatic carbocycles. The van der Waals surface area contributed by atoms with Gasteiger partial charge in [0.05, 0.1) is 17.9 Å². The summed E-state index contributed by atoms with van der Waals surface area (Å²) in [7, 11) is 0. The topological polar surface area (TPSA) is 69.0 Å². The van der Waals surface area contributed by atoms with E-state index in [1.54, 1.807) is 30.7 Å². The lowest BCUT2D eigenvalue weighted by atomic mass is 10.1. The van der Waals surface area contributed by atoms with E-state index in [0.717, 1.165) is 22.5 Å². The van der Waals surface area contributed by atoms with Crippen molar-refractivity contribution in [2.75, 3.05) is 0 Å². The van der Waals surface area contributed by atoms with Crippen LogP contribution in [0.25, 0.3) is 5.69 Å². The van der Waals surface area contributed by atoms with E-state index in [-0.39, 0.29) is 11.9 Å². The van der Waals surface area contributed by atoms with Crippen molar-refractivity contribution in [3.8, 4) is 11.4 Å². The highest BCUT2D eigenvalue weighted by Gasteiger charge is 2.17. The van der Waals surface area contributed by atoms with Gasteiger partial charge in [0.15, 0.2) is 0 Å². The molecule has 31 heavy (non-hydrogen) atoms. The molecular weight excluding hydrogens is 388 g/mol. The summed E-state index contributed by atoms with van der Waals surface area (Å²) in [6.07, 6.45) is 5.29.